The average Bonchev–Trinajstić information content (AvgIpc) is 2.75. The maximum absolute atomic E-state index is 13.6. The van der Waals surface area contributed by atoms with Crippen molar-refractivity contribution in [3.63, 3.8) is 0 Å². The van der Waals surface area contributed by atoms with Gasteiger partial charge in [-0.15, -0.1) is 0 Å². The van der Waals surface area contributed by atoms with E-state index in [1.807, 2.05) is 31.2 Å². The Bertz CT molecular complexity index is 890. The highest BCUT2D eigenvalue weighted by molar-refractivity contribution is 5.93. The second-order valence-electron chi connectivity index (χ2n) is 10.4. The lowest BCUT2D eigenvalue weighted by molar-refractivity contribution is -0.139. The number of amides is 3. The molecule has 34 heavy (non-hydrogen) atoms. The Kier molecular flexibility index (Phi) is 9.55. The first-order chi connectivity index (χ1) is 15.9. The number of terminal acetylenes is 1. The van der Waals surface area contributed by atoms with Crippen LogP contribution in [0.25, 0.3) is 0 Å². The van der Waals surface area contributed by atoms with Gasteiger partial charge in [0.05, 0.1) is 0 Å². The first-order valence-electron chi connectivity index (χ1n) is 12.1. The van der Waals surface area contributed by atoms with E-state index in [4.69, 9.17) is 11.2 Å². The molecule has 2 atom stereocenters. The van der Waals surface area contributed by atoms with Crippen LogP contribution in [0.5, 0.6) is 0 Å². The lowest BCUT2D eigenvalue weighted by atomic mass is 9.94. The van der Waals surface area contributed by atoms with Gasteiger partial charge in [-0.1, -0.05) is 69.4 Å². The molecule has 0 aromatic heterocycles. The predicted molar refractivity (Wildman–Crippen MR) is 133 cm³/mol. The molecule has 186 valence electrons. The number of carbonyl (C=O) groups excluding carboxylic acids is 3. The van der Waals surface area contributed by atoms with E-state index < -0.39 is 29.7 Å². The van der Waals surface area contributed by atoms with Gasteiger partial charge in [-0.3, -0.25) is 14.5 Å². The van der Waals surface area contributed by atoms with Crippen molar-refractivity contribution in [2.24, 2.45) is 5.92 Å². The van der Waals surface area contributed by atoms with Crippen molar-refractivity contribution in [3.05, 3.63) is 35.4 Å². The van der Waals surface area contributed by atoms with E-state index in [0.29, 0.717) is 5.56 Å². The van der Waals surface area contributed by atoms with Crippen LogP contribution >= 0.6 is 0 Å². The summed E-state index contributed by atoms with van der Waals surface area (Å²) in [4.78, 5) is 40.6. The largest absolute Gasteiger partial charge is 0.444 e. The number of nitrogens with zero attached hydrogens (tertiary/aromatic N) is 1. The van der Waals surface area contributed by atoms with Crippen LogP contribution in [0.4, 0.5) is 4.79 Å². The summed E-state index contributed by atoms with van der Waals surface area (Å²) >= 11 is 0. The Labute approximate surface area is 204 Å². The number of ether oxygens (including phenoxy) is 1. The standard InChI is InChI=1S/C27H39N3O4/c1-8-30(25(32)22(18(2)3)29-26(33)34-27(5,6)7)23(20-16-14-19(4)15-17-20)24(31)28-21-12-10-9-11-13-21/h1,14-18,21-23H,9-13H2,2-7H3,(H,28,31)(H,29,33). The van der Waals surface area contributed by atoms with Crippen molar-refractivity contribution >= 4 is 17.9 Å². The summed E-state index contributed by atoms with van der Waals surface area (Å²) in [6, 6.07) is 7.90. The van der Waals surface area contributed by atoms with Crippen molar-refractivity contribution in [2.45, 2.75) is 97.4 Å². The van der Waals surface area contributed by atoms with Crippen LogP contribution in [0.1, 0.15) is 83.9 Å². The van der Waals surface area contributed by atoms with Crippen molar-refractivity contribution in [3.8, 4) is 12.5 Å². The summed E-state index contributed by atoms with van der Waals surface area (Å²) in [6.07, 6.45) is 10.2. The molecule has 1 aromatic rings. The van der Waals surface area contributed by atoms with Crippen molar-refractivity contribution in [1.82, 2.24) is 15.5 Å². The number of rotatable bonds is 7. The van der Waals surface area contributed by atoms with E-state index in [9.17, 15) is 14.4 Å². The Balaban J connectivity index is 2.35. The smallest absolute Gasteiger partial charge is 0.408 e. The van der Waals surface area contributed by atoms with Gasteiger partial charge in [-0.05, 0) is 52.0 Å². The fourth-order valence-corrected chi connectivity index (χ4v) is 4.06. The van der Waals surface area contributed by atoms with Crippen molar-refractivity contribution < 1.29 is 19.1 Å². The monoisotopic (exact) mass is 469 g/mol. The summed E-state index contributed by atoms with van der Waals surface area (Å²) in [7, 11) is 0. The van der Waals surface area contributed by atoms with Crippen LogP contribution in [0.3, 0.4) is 0 Å². The van der Waals surface area contributed by atoms with Crippen LogP contribution in [-0.2, 0) is 14.3 Å². The molecule has 1 saturated carbocycles. The Morgan fingerprint density at radius 2 is 1.68 bits per heavy atom. The Morgan fingerprint density at radius 3 is 2.18 bits per heavy atom. The fourth-order valence-electron chi connectivity index (χ4n) is 4.06. The molecule has 2 unspecified atom stereocenters. The molecule has 2 rings (SSSR count). The minimum absolute atomic E-state index is 0.0599. The van der Waals surface area contributed by atoms with E-state index in [-0.39, 0.29) is 17.9 Å². The van der Waals surface area contributed by atoms with Gasteiger partial charge >= 0.3 is 6.09 Å². The number of hydrogen-bond acceptors (Lipinski definition) is 4. The molecular weight excluding hydrogens is 430 g/mol. The van der Waals surface area contributed by atoms with Gasteiger partial charge < -0.3 is 15.4 Å². The molecule has 0 bridgehead atoms. The van der Waals surface area contributed by atoms with Crippen LogP contribution in [0, 0.1) is 25.3 Å². The van der Waals surface area contributed by atoms with Gasteiger partial charge in [0, 0.05) is 12.1 Å². The molecule has 7 nitrogen and oxygen atoms in total. The highest BCUT2D eigenvalue weighted by atomic mass is 16.6. The molecule has 0 heterocycles. The fraction of sp³-hybridized carbons (Fsp3) is 0.593. The molecule has 1 fully saturated rings. The highest BCUT2D eigenvalue weighted by Gasteiger charge is 2.37. The van der Waals surface area contributed by atoms with Gasteiger partial charge in [0.2, 0.25) is 5.91 Å². The molecule has 1 aromatic carbocycles. The zero-order valence-corrected chi connectivity index (χ0v) is 21.3. The first kappa shape index (κ1) is 27.2. The molecule has 1 aliphatic carbocycles. The third-order valence-electron chi connectivity index (χ3n) is 5.83. The van der Waals surface area contributed by atoms with Gasteiger partial charge in [-0.25, -0.2) is 4.79 Å². The van der Waals surface area contributed by atoms with Crippen molar-refractivity contribution in [2.75, 3.05) is 0 Å². The maximum Gasteiger partial charge on any atom is 0.408 e. The van der Waals surface area contributed by atoms with E-state index in [1.165, 1.54) is 0 Å². The van der Waals surface area contributed by atoms with E-state index >= 15 is 0 Å². The average molecular weight is 470 g/mol. The quantitative estimate of drug-likeness (QED) is 0.456. The van der Waals surface area contributed by atoms with E-state index in [2.05, 4.69) is 16.7 Å². The number of benzene rings is 1. The molecule has 0 radical (unpaired) electrons. The molecule has 2 N–H and O–H groups in total. The summed E-state index contributed by atoms with van der Waals surface area (Å²) in [5, 5.41) is 5.75. The number of aryl methyl sites for hydroxylation is 1. The minimum Gasteiger partial charge on any atom is -0.444 e. The molecular formula is C27H39N3O4. The van der Waals surface area contributed by atoms with Crippen LogP contribution in [-0.4, -0.2) is 40.5 Å². The number of nitrogens with one attached hydrogen (secondary N) is 2. The molecule has 0 saturated heterocycles. The SMILES string of the molecule is C#CN(C(=O)C(NC(=O)OC(C)(C)C)C(C)C)C(C(=O)NC1CCCCC1)c1ccc(C)cc1. The molecule has 0 aliphatic heterocycles. The summed E-state index contributed by atoms with van der Waals surface area (Å²) in [5.41, 5.74) is 0.926. The molecule has 7 heteroatoms. The lowest BCUT2D eigenvalue weighted by Crippen LogP contribution is -2.54. The third kappa shape index (κ3) is 7.79. The van der Waals surface area contributed by atoms with Crippen LogP contribution < -0.4 is 10.6 Å². The van der Waals surface area contributed by atoms with Crippen LogP contribution in [0.2, 0.25) is 0 Å². The number of alkyl carbamates (subject to hydrolysis) is 1. The summed E-state index contributed by atoms with van der Waals surface area (Å²) in [6.45, 7) is 10.8. The Morgan fingerprint density at radius 1 is 1.09 bits per heavy atom. The second-order valence-corrected chi connectivity index (χ2v) is 10.4. The minimum atomic E-state index is -1.01. The van der Waals surface area contributed by atoms with E-state index in [1.54, 1.807) is 34.6 Å². The van der Waals surface area contributed by atoms with Gasteiger partial charge in [0.25, 0.3) is 5.91 Å². The second kappa shape index (κ2) is 11.9. The predicted octanol–water partition coefficient (Wildman–Crippen LogP) is 4.45. The topological polar surface area (TPSA) is 87.7 Å². The third-order valence-corrected chi connectivity index (χ3v) is 5.83. The lowest BCUT2D eigenvalue weighted by Gasteiger charge is -2.33. The van der Waals surface area contributed by atoms with Gasteiger partial charge in [-0.2, -0.15) is 0 Å². The molecule has 0 spiro atoms. The van der Waals surface area contributed by atoms with Crippen molar-refractivity contribution in [1.29, 1.82) is 0 Å². The number of carbonyl (C=O) groups is 3. The zero-order chi connectivity index (χ0) is 25.5. The van der Waals surface area contributed by atoms with E-state index in [0.717, 1.165) is 42.6 Å². The van der Waals surface area contributed by atoms with Crippen LogP contribution in [0.15, 0.2) is 24.3 Å². The summed E-state index contributed by atoms with van der Waals surface area (Å²) in [5.74, 6) is -1.13. The highest BCUT2D eigenvalue weighted by Crippen LogP contribution is 2.25. The number of hydrogen-bond donors (Lipinski definition) is 2. The molecule has 3 amide bonds. The first-order valence-corrected chi connectivity index (χ1v) is 12.1. The zero-order valence-electron chi connectivity index (χ0n) is 21.3. The maximum atomic E-state index is 13.6. The van der Waals surface area contributed by atoms with Gasteiger partial charge in [0.15, 0.2) is 0 Å². The Hall–Kier alpha value is -3.01. The molecule has 1 aliphatic rings. The normalized spacial score (nSPS) is 16.2. The van der Waals surface area contributed by atoms with Gasteiger partial charge in [0.1, 0.15) is 17.7 Å². The summed E-state index contributed by atoms with van der Waals surface area (Å²) < 4.78 is 5.34.